The predicted molar refractivity (Wildman–Crippen MR) is 84.6 cm³/mol. The van der Waals surface area contributed by atoms with Crippen LogP contribution in [0.5, 0.6) is 5.75 Å². The number of likely N-dealkylation sites (tertiary alicyclic amines) is 1. The average Bonchev–Trinajstić information content (AvgIpc) is 2.96. The molecular formula is C18H22N2O. The lowest BCUT2D eigenvalue weighted by Crippen LogP contribution is -2.28. The highest BCUT2D eigenvalue weighted by Crippen LogP contribution is 2.21. The molecule has 3 heteroatoms. The molecule has 1 aliphatic heterocycles. The lowest BCUT2D eigenvalue weighted by Gasteiger charge is -2.21. The lowest BCUT2D eigenvalue weighted by atomic mass is 10.0. The third-order valence-electron chi connectivity index (χ3n) is 4.08. The predicted octanol–water partition coefficient (Wildman–Crippen LogP) is 3.34. The van der Waals surface area contributed by atoms with Gasteiger partial charge in [-0.05, 0) is 30.0 Å². The van der Waals surface area contributed by atoms with Crippen LogP contribution < -0.4 is 4.74 Å². The molecule has 0 aliphatic carbocycles. The van der Waals surface area contributed by atoms with Gasteiger partial charge in [-0.25, -0.2) is 0 Å². The second-order valence-electron chi connectivity index (χ2n) is 5.78. The van der Waals surface area contributed by atoms with Crippen molar-refractivity contribution in [1.82, 2.24) is 9.88 Å². The van der Waals surface area contributed by atoms with E-state index in [1.165, 1.54) is 5.56 Å². The van der Waals surface area contributed by atoms with Gasteiger partial charge in [0.15, 0.2) is 0 Å². The molecule has 21 heavy (non-hydrogen) atoms. The Labute approximate surface area is 126 Å². The molecule has 2 aromatic rings. The van der Waals surface area contributed by atoms with Gasteiger partial charge in [-0.3, -0.25) is 9.88 Å². The summed E-state index contributed by atoms with van der Waals surface area (Å²) in [5.74, 6) is 1.49. The summed E-state index contributed by atoms with van der Waals surface area (Å²) in [5.41, 5.74) is 1.41. The number of rotatable bonds is 5. The first-order valence-electron chi connectivity index (χ1n) is 7.65. The minimum Gasteiger partial charge on any atom is -0.489 e. The molecule has 0 bridgehead atoms. The molecule has 1 saturated heterocycles. The number of hydrogen-bond acceptors (Lipinski definition) is 3. The van der Waals surface area contributed by atoms with Gasteiger partial charge in [-0.15, -0.1) is 0 Å². The van der Waals surface area contributed by atoms with Crippen molar-refractivity contribution < 1.29 is 4.74 Å². The lowest BCUT2D eigenvalue weighted by molar-refractivity contribution is 0.198. The van der Waals surface area contributed by atoms with Crippen molar-refractivity contribution in [3.8, 4) is 5.75 Å². The van der Waals surface area contributed by atoms with Crippen molar-refractivity contribution in [3.05, 3.63) is 60.4 Å². The largest absolute Gasteiger partial charge is 0.489 e. The fourth-order valence-electron chi connectivity index (χ4n) is 2.94. The first-order valence-corrected chi connectivity index (χ1v) is 7.65. The zero-order chi connectivity index (χ0) is 14.5. The Hall–Kier alpha value is -1.87. The van der Waals surface area contributed by atoms with Crippen LogP contribution in [0, 0.1) is 0 Å². The summed E-state index contributed by atoms with van der Waals surface area (Å²) in [6.45, 7) is 5.53. The van der Waals surface area contributed by atoms with E-state index in [4.69, 9.17) is 4.74 Å². The Balaban J connectivity index is 1.51. The quantitative estimate of drug-likeness (QED) is 0.841. The van der Waals surface area contributed by atoms with Gasteiger partial charge in [0.1, 0.15) is 11.9 Å². The maximum atomic E-state index is 6.01. The summed E-state index contributed by atoms with van der Waals surface area (Å²) >= 11 is 0. The van der Waals surface area contributed by atoms with E-state index in [9.17, 15) is 0 Å². The second-order valence-corrected chi connectivity index (χ2v) is 5.78. The topological polar surface area (TPSA) is 25.4 Å². The van der Waals surface area contributed by atoms with Crippen LogP contribution >= 0.6 is 0 Å². The Kier molecular flexibility index (Phi) is 4.51. The first-order chi connectivity index (χ1) is 10.3. The normalized spacial score (nSPS) is 20.3. The van der Waals surface area contributed by atoms with Crippen molar-refractivity contribution in [2.45, 2.75) is 25.4 Å². The highest BCUT2D eigenvalue weighted by Gasteiger charge is 2.25. The zero-order valence-corrected chi connectivity index (χ0v) is 12.5. The minimum absolute atomic E-state index is 0.301. The molecule has 2 atom stereocenters. The molecule has 0 N–H and O–H groups in total. The number of pyridine rings is 1. The summed E-state index contributed by atoms with van der Waals surface area (Å²) in [6, 6.07) is 14.6. The Morgan fingerprint density at radius 3 is 2.71 bits per heavy atom. The number of aromatic nitrogens is 1. The molecule has 1 aromatic carbocycles. The van der Waals surface area contributed by atoms with E-state index in [0.29, 0.717) is 12.0 Å². The van der Waals surface area contributed by atoms with Crippen molar-refractivity contribution in [3.63, 3.8) is 0 Å². The monoisotopic (exact) mass is 282 g/mol. The van der Waals surface area contributed by atoms with Crippen LogP contribution in [-0.4, -0.2) is 35.6 Å². The van der Waals surface area contributed by atoms with Crippen molar-refractivity contribution in [1.29, 1.82) is 0 Å². The molecule has 0 unspecified atom stereocenters. The van der Waals surface area contributed by atoms with Crippen LogP contribution in [0.2, 0.25) is 0 Å². The highest BCUT2D eigenvalue weighted by molar-refractivity contribution is 5.19. The molecule has 3 rings (SSSR count). The molecule has 0 saturated carbocycles. The van der Waals surface area contributed by atoms with Crippen LogP contribution in [0.25, 0.3) is 0 Å². The maximum Gasteiger partial charge on any atom is 0.122 e. The standard InChI is InChI=1S/C18H22N2O/c1-15(16-5-3-2-4-6-16)13-20-12-9-18(14-20)21-17-7-10-19-11-8-17/h2-8,10-11,15,18H,9,12-14H2,1H3/t15-,18+/m0/s1. The average molecular weight is 282 g/mol. The van der Waals surface area contributed by atoms with Gasteiger partial charge in [0, 0.05) is 32.0 Å². The smallest absolute Gasteiger partial charge is 0.122 e. The third-order valence-corrected chi connectivity index (χ3v) is 4.08. The van der Waals surface area contributed by atoms with Gasteiger partial charge in [-0.2, -0.15) is 0 Å². The zero-order valence-electron chi connectivity index (χ0n) is 12.5. The van der Waals surface area contributed by atoms with E-state index < -0.39 is 0 Å². The molecular weight excluding hydrogens is 260 g/mol. The number of ether oxygens (including phenoxy) is 1. The van der Waals surface area contributed by atoms with E-state index in [1.54, 1.807) is 12.4 Å². The van der Waals surface area contributed by atoms with Crippen molar-refractivity contribution >= 4 is 0 Å². The van der Waals surface area contributed by atoms with Gasteiger partial charge < -0.3 is 4.74 Å². The molecule has 0 radical (unpaired) electrons. The SMILES string of the molecule is C[C@@H](CN1CC[C@@H](Oc2ccncc2)C1)c1ccccc1. The van der Waals surface area contributed by atoms with E-state index in [2.05, 4.69) is 47.1 Å². The summed E-state index contributed by atoms with van der Waals surface area (Å²) in [5, 5.41) is 0. The van der Waals surface area contributed by atoms with Gasteiger partial charge in [0.25, 0.3) is 0 Å². The molecule has 1 aliphatic rings. The first kappa shape index (κ1) is 14.1. The number of hydrogen-bond donors (Lipinski definition) is 0. The van der Waals surface area contributed by atoms with Crippen molar-refractivity contribution in [2.24, 2.45) is 0 Å². The van der Waals surface area contributed by atoms with Gasteiger partial charge in [-0.1, -0.05) is 37.3 Å². The summed E-state index contributed by atoms with van der Waals surface area (Å²) in [6.07, 6.45) is 4.96. The Morgan fingerprint density at radius 1 is 1.19 bits per heavy atom. The van der Waals surface area contributed by atoms with Crippen LogP contribution in [0.1, 0.15) is 24.8 Å². The molecule has 2 heterocycles. The second kappa shape index (κ2) is 6.72. The minimum atomic E-state index is 0.301. The third kappa shape index (κ3) is 3.82. The van der Waals surface area contributed by atoms with Crippen LogP contribution in [0.4, 0.5) is 0 Å². The summed E-state index contributed by atoms with van der Waals surface area (Å²) < 4.78 is 6.01. The Morgan fingerprint density at radius 2 is 1.95 bits per heavy atom. The van der Waals surface area contributed by atoms with Gasteiger partial charge in [0.2, 0.25) is 0 Å². The molecule has 110 valence electrons. The van der Waals surface area contributed by atoms with Crippen molar-refractivity contribution in [2.75, 3.05) is 19.6 Å². The van der Waals surface area contributed by atoms with Crippen LogP contribution in [0.15, 0.2) is 54.9 Å². The number of benzene rings is 1. The van der Waals surface area contributed by atoms with Gasteiger partial charge >= 0.3 is 0 Å². The van der Waals surface area contributed by atoms with Crippen LogP contribution in [0.3, 0.4) is 0 Å². The molecule has 1 aromatic heterocycles. The number of nitrogens with zero attached hydrogens (tertiary/aromatic N) is 2. The Bertz CT molecular complexity index is 544. The fourth-order valence-corrected chi connectivity index (χ4v) is 2.94. The summed E-state index contributed by atoms with van der Waals surface area (Å²) in [7, 11) is 0. The molecule has 3 nitrogen and oxygen atoms in total. The highest BCUT2D eigenvalue weighted by atomic mass is 16.5. The van der Waals surface area contributed by atoms with Crippen LogP contribution in [-0.2, 0) is 0 Å². The maximum absolute atomic E-state index is 6.01. The molecule has 1 fully saturated rings. The van der Waals surface area contributed by atoms with E-state index in [0.717, 1.165) is 31.8 Å². The van der Waals surface area contributed by atoms with E-state index in [-0.39, 0.29) is 0 Å². The summed E-state index contributed by atoms with van der Waals surface area (Å²) in [4.78, 5) is 6.52. The fraction of sp³-hybridized carbons (Fsp3) is 0.389. The molecule has 0 amide bonds. The van der Waals surface area contributed by atoms with E-state index in [1.807, 2.05) is 12.1 Å². The molecule has 0 spiro atoms. The van der Waals surface area contributed by atoms with E-state index >= 15 is 0 Å². The van der Waals surface area contributed by atoms with Gasteiger partial charge in [0.05, 0.1) is 0 Å².